The highest BCUT2D eigenvalue weighted by atomic mass is 19.1. The molecule has 2 N–H and O–H groups in total. The molecule has 2 unspecified atom stereocenters. The Balaban J connectivity index is 1.98. The molecule has 19 heavy (non-hydrogen) atoms. The topological polar surface area (TPSA) is 59.3 Å². The van der Waals surface area contributed by atoms with Crippen LogP contribution in [0.1, 0.15) is 11.1 Å². The molecule has 0 amide bonds. The summed E-state index contributed by atoms with van der Waals surface area (Å²) in [6.45, 7) is 3.14. The van der Waals surface area contributed by atoms with E-state index >= 15 is 0 Å². The number of benzene rings is 1. The second-order valence-electron chi connectivity index (χ2n) is 5.29. The van der Waals surface area contributed by atoms with Crippen LogP contribution in [0.5, 0.6) is 0 Å². The Morgan fingerprint density at radius 1 is 1.37 bits per heavy atom. The highest BCUT2D eigenvalue weighted by Gasteiger charge is 2.37. The fraction of sp³-hybridized carbons (Fsp3) is 0.500. The summed E-state index contributed by atoms with van der Waals surface area (Å²) in [6.07, 6.45) is 0. The number of nitrogens with zero attached hydrogens (tertiary/aromatic N) is 2. The van der Waals surface area contributed by atoms with Crippen LogP contribution in [0.15, 0.2) is 12.1 Å². The first-order valence-corrected chi connectivity index (χ1v) is 6.52. The van der Waals surface area contributed by atoms with Gasteiger partial charge in [0.05, 0.1) is 17.9 Å². The molecule has 0 saturated carbocycles. The van der Waals surface area contributed by atoms with Gasteiger partial charge < -0.3 is 15.3 Å². The van der Waals surface area contributed by atoms with Crippen molar-refractivity contribution < 1.29 is 9.50 Å². The van der Waals surface area contributed by atoms with E-state index in [0.717, 1.165) is 26.2 Å². The molecule has 2 heterocycles. The van der Waals surface area contributed by atoms with Crippen LogP contribution in [0.25, 0.3) is 0 Å². The zero-order valence-electron chi connectivity index (χ0n) is 10.6. The second kappa shape index (κ2) is 4.80. The zero-order chi connectivity index (χ0) is 13.4. The largest absolute Gasteiger partial charge is 0.392 e. The highest BCUT2D eigenvalue weighted by molar-refractivity contribution is 5.62. The van der Waals surface area contributed by atoms with Gasteiger partial charge in [-0.05, 0) is 17.9 Å². The van der Waals surface area contributed by atoms with Gasteiger partial charge in [0.2, 0.25) is 0 Å². The van der Waals surface area contributed by atoms with Crippen molar-refractivity contribution >= 4 is 5.69 Å². The van der Waals surface area contributed by atoms with Crippen LogP contribution < -0.4 is 10.2 Å². The lowest BCUT2D eigenvalue weighted by atomic mass is 10.0. The van der Waals surface area contributed by atoms with Crippen molar-refractivity contribution in [1.29, 1.82) is 5.26 Å². The minimum Gasteiger partial charge on any atom is -0.392 e. The Bertz CT molecular complexity index is 528. The Morgan fingerprint density at radius 3 is 2.63 bits per heavy atom. The van der Waals surface area contributed by atoms with Gasteiger partial charge in [-0.2, -0.15) is 5.26 Å². The predicted molar refractivity (Wildman–Crippen MR) is 69.1 cm³/mol. The standard InChI is InChI=1S/C14H16FN3O/c15-13-10(8-19)2-1-9(3-16)14(13)18-6-11-4-17-5-12(11)7-18/h1-2,11-12,17,19H,4-8H2. The Kier molecular flexibility index (Phi) is 3.13. The first-order chi connectivity index (χ1) is 9.24. The summed E-state index contributed by atoms with van der Waals surface area (Å²) < 4.78 is 14.4. The van der Waals surface area contributed by atoms with Gasteiger partial charge in [-0.1, -0.05) is 6.07 Å². The molecule has 4 nitrogen and oxygen atoms in total. The lowest BCUT2D eigenvalue weighted by Crippen LogP contribution is -2.27. The number of aliphatic hydroxyl groups is 1. The Hall–Kier alpha value is -1.64. The van der Waals surface area contributed by atoms with E-state index in [9.17, 15) is 4.39 Å². The first kappa shape index (κ1) is 12.4. The van der Waals surface area contributed by atoms with E-state index in [4.69, 9.17) is 10.4 Å². The third kappa shape index (κ3) is 1.97. The van der Waals surface area contributed by atoms with E-state index < -0.39 is 5.82 Å². The van der Waals surface area contributed by atoms with Crippen LogP contribution in [0.4, 0.5) is 10.1 Å². The lowest BCUT2D eigenvalue weighted by molar-refractivity contribution is 0.276. The fourth-order valence-electron chi connectivity index (χ4n) is 3.17. The number of hydrogen-bond donors (Lipinski definition) is 2. The third-order valence-electron chi connectivity index (χ3n) is 4.19. The zero-order valence-corrected chi connectivity index (χ0v) is 10.6. The van der Waals surface area contributed by atoms with Gasteiger partial charge in [0.15, 0.2) is 5.82 Å². The van der Waals surface area contributed by atoms with Crippen LogP contribution >= 0.6 is 0 Å². The fourth-order valence-corrected chi connectivity index (χ4v) is 3.17. The quantitative estimate of drug-likeness (QED) is 0.828. The molecular formula is C14H16FN3O. The van der Waals surface area contributed by atoms with Crippen molar-refractivity contribution in [3.05, 3.63) is 29.1 Å². The molecule has 2 saturated heterocycles. The average molecular weight is 261 g/mol. The smallest absolute Gasteiger partial charge is 0.153 e. The number of halogens is 1. The van der Waals surface area contributed by atoms with Gasteiger partial charge in [-0.15, -0.1) is 0 Å². The van der Waals surface area contributed by atoms with Crippen LogP contribution in [-0.2, 0) is 6.61 Å². The van der Waals surface area contributed by atoms with Crippen LogP contribution in [0.3, 0.4) is 0 Å². The molecule has 0 aliphatic carbocycles. The van der Waals surface area contributed by atoms with Crippen molar-refractivity contribution in [1.82, 2.24) is 5.32 Å². The van der Waals surface area contributed by atoms with E-state index in [1.54, 1.807) is 6.07 Å². The average Bonchev–Trinajstić information content (AvgIpc) is 2.99. The van der Waals surface area contributed by atoms with Crippen molar-refractivity contribution in [3.63, 3.8) is 0 Å². The molecule has 2 fully saturated rings. The summed E-state index contributed by atoms with van der Waals surface area (Å²) in [7, 11) is 0. The minimum absolute atomic E-state index is 0.254. The number of anilines is 1. The third-order valence-corrected chi connectivity index (χ3v) is 4.19. The van der Waals surface area contributed by atoms with Gasteiger partial charge >= 0.3 is 0 Å². The predicted octanol–water partition coefficient (Wildman–Crippen LogP) is 0.845. The maximum Gasteiger partial charge on any atom is 0.153 e. The summed E-state index contributed by atoms with van der Waals surface area (Å²) in [4.78, 5) is 1.96. The van der Waals surface area contributed by atoms with Gasteiger partial charge in [0.1, 0.15) is 6.07 Å². The van der Waals surface area contributed by atoms with Gasteiger partial charge in [-0.25, -0.2) is 4.39 Å². The summed E-state index contributed by atoms with van der Waals surface area (Å²) in [5.74, 6) is 0.613. The van der Waals surface area contributed by atoms with Crippen LogP contribution in [0.2, 0.25) is 0 Å². The van der Waals surface area contributed by atoms with Crippen LogP contribution in [-0.4, -0.2) is 31.3 Å². The van der Waals surface area contributed by atoms with Gasteiger partial charge in [-0.3, -0.25) is 0 Å². The summed E-state index contributed by atoms with van der Waals surface area (Å²) in [5, 5.41) is 21.6. The molecule has 2 aliphatic heterocycles. The Labute approximate surface area is 111 Å². The first-order valence-electron chi connectivity index (χ1n) is 6.52. The van der Waals surface area contributed by atoms with Crippen molar-refractivity contribution in [2.45, 2.75) is 6.61 Å². The van der Waals surface area contributed by atoms with Crippen LogP contribution in [0, 0.1) is 29.0 Å². The Morgan fingerprint density at radius 2 is 2.05 bits per heavy atom. The highest BCUT2D eigenvalue weighted by Crippen LogP contribution is 2.35. The summed E-state index contributed by atoms with van der Waals surface area (Å²) in [6, 6.07) is 5.13. The molecule has 1 aromatic carbocycles. The molecule has 5 heteroatoms. The summed E-state index contributed by atoms with van der Waals surface area (Å²) in [5.41, 5.74) is 0.968. The molecule has 3 rings (SSSR count). The number of rotatable bonds is 2. The minimum atomic E-state index is -0.450. The monoisotopic (exact) mass is 261 g/mol. The molecule has 0 radical (unpaired) electrons. The van der Waals surface area contributed by atoms with E-state index in [2.05, 4.69) is 11.4 Å². The second-order valence-corrected chi connectivity index (χ2v) is 5.29. The van der Waals surface area contributed by atoms with E-state index in [-0.39, 0.29) is 12.2 Å². The molecule has 100 valence electrons. The normalized spacial score (nSPS) is 25.4. The molecule has 1 aromatic rings. The van der Waals surface area contributed by atoms with Gasteiger partial charge in [0.25, 0.3) is 0 Å². The molecule has 0 bridgehead atoms. The lowest BCUT2D eigenvalue weighted by Gasteiger charge is -2.22. The maximum atomic E-state index is 14.4. The van der Waals surface area contributed by atoms with Gasteiger partial charge in [0, 0.05) is 31.7 Å². The maximum absolute atomic E-state index is 14.4. The molecular weight excluding hydrogens is 245 g/mol. The van der Waals surface area contributed by atoms with Crippen molar-refractivity contribution in [3.8, 4) is 6.07 Å². The summed E-state index contributed by atoms with van der Waals surface area (Å²) >= 11 is 0. The number of hydrogen-bond acceptors (Lipinski definition) is 4. The van der Waals surface area contributed by atoms with E-state index in [1.165, 1.54) is 6.07 Å². The van der Waals surface area contributed by atoms with Crippen molar-refractivity contribution in [2.75, 3.05) is 31.1 Å². The number of nitriles is 1. The van der Waals surface area contributed by atoms with E-state index in [1.807, 2.05) is 4.90 Å². The molecule has 2 aliphatic rings. The number of nitrogens with one attached hydrogen (secondary N) is 1. The molecule has 0 spiro atoms. The number of fused-ring (bicyclic) bond motifs is 1. The van der Waals surface area contributed by atoms with E-state index in [0.29, 0.717) is 23.1 Å². The molecule has 2 atom stereocenters. The molecule has 0 aromatic heterocycles. The number of aliphatic hydroxyl groups excluding tert-OH is 1. The SMILES string of the molecule is N#Cc1ccc(CO)c(F)c1N1CC2CNCC2C1. The van der Waals surface area contributed by atoms with Crippen molar-refractivity contribution in [2.24, 2.45) is 11.8 Å².